The van der Waals surface area contributed by atoms with Crippen LogP contribution in [0.3, 0.4) is 0 Å². The number of allylic oxidation sites excluding steroid dienone is 2. The zero-order valence-corrected chi connectivity index (χ0v) is 8.17. The second-order valence-corrected chi connectivity index (χ2v) is 2.79. The Hall–Kier alpha value is -2.10. The minimum atomic E-state index is -0.417. The molecule has 15 heavy (non-hydrogen) atoms. The molecule has 0 saturated heterocycles. The fourth-order valence-electron chi connectivity index (χ4n) is 0.956. The number of rotatable bonds is 1. The molecule has 0 saturated carbocycles. The molecule has 0 unspecified atom stereocenters. The fraction of sp³-hybridized carbons (Fsp3) is 0.0909. The molecule has 0 spiro atoms. The summed E-state index contributed by atoms with van der Waals surface area (Å²) in [6.45, 7) is 0.983. The van der Waals surface area contributed by atoms with Crippen molar-refractivity contribution in [2.24, 2.45) is 0 Å². The average Bonchev–Trinajstić information content (AvgIpc) is 2.33. The molecule has 78 valence electrons. The van der Waals surface area contributed by atoms with E-state index in [4.69, 9.17) is 0 Å². The first-order valence-electron chi connectivity index (χ1n) is 4.55. The molecule has 0 aromatic heterocycles. The van der Waals surface area contributed by atoms with Gasteiger partial charge in [-0.1, -0.05) is 30.4 Å². The molecule has 0 radical (unpaired) electrons. The molecular formula is C11H12N2O2. The third-order valence-electron chi connectivity index (χ3n) is 1.66. The number of nitrogens with zero attached hydrogens (tertiary/aromatic N) is 1. The predicted octanol–water partition coefficient (Wildman–Crippen LogP) is 2.25. The van der Waals surface area contributed by atoms with E-state index >= 15 is 0 Å². The van der Waals surface area contributed by atoms with E-state index in [1.165, 1.54) is 12.1 Å². The second-order valence-electron chi connectivity index (χ2n) is 2.79. The Morgan fingerprint density at radius 3 is 2.20 bits per heavy atom. The van der Waals surface area contributed by atoms with Crippen LogP contribution in [-0.2, 0) is 0 Å². The summed E-state index contributed by atoms with van der Waals surface area (Å²) in [5.74, 6) is 0. The van der Waals surface area contributed by atoms with Gasteiger partial charge in [0.15, 0.2) is 0 Å². The molecular weight excluding hydrogens is 192 g/mol. The molecule has 1 aromatic carbocycles. The van der Waals surface area contributed by atoms with Crippen molar-refractivity contribution in [1.29, 1.82) is 0 Å². The smallest absolute Gasteiger partial charge is 0.269 e. The number of nitro benzene ring substituents is 1. The van der Waals surface area contributed by atoms with E-state index in [9.17, 15) is 10.1 Å². The largest absolute Gasteiger partial charge is 0.387 e. The molecule has 1 heterocycles. The topological polar surface area (TPSA) is 55.2 Å². The number of nitro groups is 1. The number of hydrogen-bond donors (Lipinski definition) is 1. The molecule has 1 aliphatic rings. The lowest BCUT2D eigenvalue weighted by Crippen LogP contribution is -2.05. The summed E-state index contributed by atoms with van der Waals surface area (Å²) in [5.41, 5.74) is 0.137. The molecule has 2 rings (SSSR count). The van der Waals surface area contributed by atoms with Crippen molar-refractivity contribution in [2.75, 3.05) is 6.54 Å². The van der Waals surface area contributed by atoms with Gasteiger partial charge in [0, 0.05) is 18.7 Å². The van der Waals surface area contributed by atoms with Crippen LogP contribution in [0.25, 0.3) is 0 Å². The summed E-state index contributed by atoms with van der Waals surface area (Å²) in [6.07, 6.45) is 8.00. The lowest BCUT2D eigenvalue weighted by Gasteiger charge is -1.94. The minimum absolute atomic E-state index is 0.137. The summed E-state index contributed by atoms with van der Waals surface area (Å²) in [5, 5.41) is 13.0. The summed E-state index contributed by atoms with van der Waals surface area (Å²) in [6, 6.07) is 7.93. The van der Waals surface area contributed by atoms with E-state index in [2.05, 4.69) is 11.4 Å². The number of dihydropyridines is 1. The predicted molar refractivity (Wildman–Crippen MR) is 59.4 cm³/mol. The van der Waals surface area contributed by atoms with E-state index in [0.717, 1.165) is 6.54 Å². The second kappa shape index (κ2) is 6.37. The van der Waals surface area contributed by atoms with Gasteiger partial charge >= 0.3 is 0 Å². The molecule has 4 heteroatoms. The number of nitrogens with one attached hydrogen (secondary N) is 1. The Morgan fingerprint density at radius 2 is 1.93 bits per heavy atom. The van der Waals surface area contributed by atoms with E-state index in [1.54, 1.807) is 18.2 Å². The van der Waals surface area contributed by atoms with Crippen molar-refractivity contribution >= 4 is 5.69 Å². The van der Waals surface area contributed by atoms with Crippen LogP contribution < -0.4 is 5.32 Å². The van der Waals surface area contributed by atoms with E-state index in [1.807, 2.05) is 18.4 Å². The van der Waals surface area contributed by atoms with Gasteiger partial charge in [0.25, 0.3) is 5.69 Å². The Balaban J connectivity index is 0.000000162. The number of non-ortho nitro benzene ring substituents is 1. The van der Waals surface area contributed by atoms with Gasteiger partial charge in [0.2, 0.25) is 0 Å². The van der Waals surface area contributed by atoms with E-state index < -0.39 is 4.92 Å². The number of benzene rings is 1. The minimum Gasteiger partial charge on any atom is -0.387 e. The fourth-order valence-corrected chi connectivity index (χ4v) is 0.956. The van der Waals surface area contributed by atoms with Crippen LogP contribution in [0.15, 0.2) is 54.8 Å². The van der Waals surface area contributed by atoms with Crippen LogP contribution in [0, 0.1) is 10.1 Å². The van der Waals surface area contributed by atoms with Gasteiger partial charge in [-0.3, -0.25) is 10.1 Å². The molecule has 4 nitrogen and oxygen atoms in total. The summed E-state index contributed by atoms with van der Waals surface area (Å²) < 4.78 is 0. The number of para-hydroxylation sites is 1. The van der Waals surface area contributed by atoms with Crippen molar-refractivity contribution in [2.45, 2.75) is 0 Å². The van der Waals surface area contributed by atoms with Gasteiger partial charge in [-0.25, -0.2) is 0 Å². The van der Waals surface area contributed by atoms with E-state index in [0.29, 0.717) is 0 Å². The summed E-state index contributed by atoms with van der Waals surface area (Å²) >= 11 is 0. The third-order valence-corrected chi connectivity index (χ3v) is 1.66. The maximum absolute atomic E-state index is 10.0. The Morgan fingerprint density at radius 1 is 1.20 bits per heavy atom. The first-order valence-corrected chi connectivity index (χ1v) is 4.55. The van der Waals surface area contributed by atoms with Crippen LogP contribution in [0.2, 0.25) is 0 Å². The van der Waals surface area contributed by atoms with Crippen LogP contribution in [0.5, 0.6) is 0 Å². The van der Waals surface area contributed by atoms with Gasteiger partial charge in [0.05, 0.1) is 4.92 Å². The van der Waals surface area contributed by atoms with Crippen LogP contribution in [0.1, 0.15) is 0 Å². The van der Waals surface area contributed by atoms with Crippen molar-refractivity contribution < 1.29 is 4.92 Å². The highest BCUT2D eigenvalue weighted by Crippen LogP contribution is 2.06. The first-order chi connectivity index (χ1) is 7.30. The molecule has 1 N–H and O–H groups in total. The van der Waals surface area contributed by atoms with E-state index in [-0.39, 0.29) is 5.69 Å². The summed E-state index contributed by atoms with van der Waals surface area (Å²) in [7, 11) is 0. The molecule has 0 aliphatic carbocycles. The lowest BCUT2D eigenvalue weighted by molar-refractivity contribution is -0.384. The number of hydrogen-bond acceptors (Lipinski definition) is 3. The molecule has 0 bridgehead atoms. The van der Waals surface area contributed by atoms with Crippen molar-refractivity contribution in [3.8, 4) is 0 Å². The molecule has 0 amide bonds. The molecule has 1 aromatic rings. The van der Waals surface area contributed by atoms with Crippen molar-refractivity contribution in [3.05, 3.63) is 64.9 Å². The maximum Gasteiger partial charge on any atom is 0.269 e. The summed E-state index contributed by atoms with van der Waals surface area (Å²) in [4.78, 5) is 9.59. The quantitative estimate of drug-likeness (QED) is 0.564. The van der Waals surface area contributed by atoms with Crippen LogP contribution >= 0.6 is 0 Å². The zero-order valence-electron chi connectivity index (χ0n) is 8.17. The Labute approximate surface area is 88.1 Å². The molecule has 0 fully saturated rings. The normalized spacial score (nSPS) is 12.3. The average molecular weight is 204 g/mol. The lowest BCUT2D eigenvalue weighted by atomic mass is 10.3. The highest BCUT2D eigenvalue weighted by Gasteiger charge is 1.98. The highest BCUT2D eigenvalue weighted by atomic mass is 16.6. The van der Waals surface area contributed by atoms with Crippen LogP contribution in [-0.4, -0.2) is 11.5 Å². The highest BCUT2D eigenvalue weighted by molar-refractivity contribution is 5.27. The van der Waals surface area contributed by atoms with Crippen molar-refractivity contribution in [1.82, 2.24) is 5.32 Å². The first kappa shape index (κ1) is 11.0. The van der Waals surface area contributed by atoms with Crippen molar-refractivity contribution in [3.63, 3.8) is 0 Å². The zero-order chi connectivity index (χ0) is 10.9. The van der Waals surface area contributed by atoms with Gasteiger partial charge in [0.1, 0.15) is 0 Å². The Bertz CT molecular complexity index is 346. The Kier molecular flexibility index (Phi) is 4.66. The third kappa shape index (κ3) is 4.61. The maximum atomic E-state index is 10.0. The standard InChI is InChI=1S/C6H5NO2.C5H7N/c8-7(9)6-4-2-1-3-5-6;1-2-4-6-5-3-1/h1-5H;1-4,6H,5H2. The van der Waals surface area contributed by atoms with Gasteiger partial charge in [-0.05, 0) is 12.3 Å². The van der Waals surface area contributed by atoms with Gasteiger partial charge < -0.3 is 5.32 Å². The molecule has 0 atom stereocenters. The van der Waals surface area contributed by atoms with Gasteiger partial charge in [-0.2, -0.15) is 0 Å². The van der Waals surface area contributed by atoms with Gasteiger partial charge in [-0.15, -0.1) is 0 Å². The SMILES string of the molecule is C1=CCNC=C1.O=[N+]([O-])c1ccccc1. The molecule has 1 aliphatic heterocycles. The monoisotopic (exact) mass is 204 g/mol. The van der Waals surface area contributed by atoms with Crippen LogP contribution in [0.4, 0.5) is 5.69 Å².